The van der Waals surface area contributed by atoms with Crippen LogP contribution in [0.3, 0.4) is 0 Å². The number of unbranched alkanes of at least 4 members (excludes halogenated alkanes) is 1. The van der Waals surface area contributed by atoms with Crippen molar-refractivity contribution in [2.45, 2.75) is 38.8 Å². The van der Waals surface area contributed by atoms with Gasteiger partial charge in [0.15, 0.2) is 0 Å². The van der Waals surface area contributed by atoms with Gasteiger partial charge in [0, 0.05) is 6.54 Å². The van der Waals surface area contributed by atoms with Crippen LogP contribution in [0.4, 0.5) is 4.79 Å². The van der Waals surface area contributed by atoms with Gasteiger partial charge in [-0.05, 0) is 25.0 Å². The second kappa shape index (κ2) is 6.41. The first kappa shape index (κ1) is 13.7. The van der Waals surface area contributed by atoms with Gasteiger partial charge in [0.05, 0.1) is 0 Å². The minimum absolute atomic E-state index is 0.00329. The summed E-state index contributed by atoms with van der Waals surface area (Å²) in [6.07, 6.45) is 5.58. The molecule has 0 N–H and O–H groups in total. The Morgan fingerprint density at radius 1 is 1.32 bits per heavy atom. The maximum atomic E-state index is 12.0. The summed E-state index contributed by atoms with van der Waals surface area (Å²) in [5, 5.41) is 0. The van der Waals surface area contributed by atoms with Crippen molar-refractivity contribution in [3.63, 3.8) is 0 Å². The fourth-order valence-corrected chi connectivity index (χ4v) is 2.45. The second-order valence-electron chi connectivity index (χ2n) is 4.78. The van der Waals surface area contributed by atoms with E-state index in [9.17, 15) is 4.79 Å². The fraction of sp³-hybridized carbons (Fsp3) is 0.438. The van der Waals surface area contributed by atoms with Crippen LogP contribution in [-0.2, 0) is 4.74 Å². The van der Waals surface area contributed by atoms with Crippen molar-refractivity contribution in [2.75, 3.05) is 6.54 Å². The highest BCUT2D eigenvalue weighted by molar-refractivity contribution is 5.71. The van der Waals surface area contributed by atoms with E-state index >= 15 is 0 Å². The van der Waals surface area contributed by atoms with Gasteiger partial charge in [-0.1, -0.05) is 49.8 Å². The van der Waals surface area contributed by atoms with Crippen LogP contribution < -0.4 is 0 Å². The number of cyclic esters (lactones) is 1. The maximum absolute atomic E-state index is 12.0. The third kappa shape index (κ3) is 2.98. The van der Waals surface area contributed by atoms with Gasteiger partial charge in [-0.2, -0.15) is 0 Å². The molecule has 1 amide bonds. The van der Waals surface area contributed by atoms with Crippen LogP contribution >= 0.6 is 0 Å². The molecule has 1 aromatic rings. The molecule has 19 heavy (non-hydrogen) atoms. The molecule has 0 aliphatic carbocycles. The second-order valence-corrected chi connectivity index (χ2v) is 4.78. The van der Waals surface area contributed by atoms with Gasteiger partial charge < -0.3 is 4.74 Å². The molecule has 0 bridgehead atoms. The Kier molecular flexibility index (Phi) is 4.61. The van der Waals surface area contributed by atoms with Crippen molar-refractivity contribution >= 4 is 6.09 Å². The summed E-state index contributed by atoms with van der Waals surface area (Å²) in [5.74, 6) is 0. The van der Waals surface area contributed by atoms with Crippen molar-refractivity contribution in [1.82, 2.24) is 4.90 Å². The zero-order chi connectivity index (χ0) is 13.7. The molecule has 3 heteroatoms. The van der Waals surface area contributed by atoms with Crippen molar-refractivity contribution in [3.8, 4) is 0 Å². The topological polar surface area (TPSA) is 29.5 Å². The minimum atomic E-state index is -0.203. The molecule has 1 saturated heterocycles. The average Bonchev–Trinajstić information content (AvgIpc) is 2.74. The van der Waals surface area contributed by atoms with Gasteiger partial charge in [-0.3, -0.25) is 4.90 Å². The molecule has 1 heterocycles. The van der Waals surface area contributed by atoms with E-state index in [1.165, 1.54) is 0 Å². The Labute approximate surface area is 114 Å². The highest BCUT2D eigenvalue weighted by atomic mass is 16.6. The molecule has 0 radical (unpaired) electrons. The number of ether oxygens (including phenoxy) is 1. The van der Waals surface area contributed by atoms with Crippen LogP contribution in [0.1, 0.15) is 38.3 Å². The Hall–Kier alpha value is -1.77. The first-order valence-corrected chi connectivity index (χ1v) is 6.93. The van der Waals surface area contributed by atoms with Gasteiger partial charge >= 0.3 is 6.09 Å². The van der Waals surface area contributed by atoms with Crippen molar-refractivity contribution in [3.05, 3.63) is 48.0 Å². The summed E-state index contributed by atoms with van der Waals surface area (Å²) in [6, 6.07) is 10.1. The average molecular weight is 259 g/mol. The quantitative estimate of drug-likeness (QED) is 0.750. The monoisotopic (exact) mass is 259 g/mol. The highest BCUT2D eigenvalue weighted by Crippen LogP contribution is 2.34. The molecule has 0 spiro atoms. The first-order chi connectivity index (χ1) is 9.27. The Balaban J connectivity index is 2.27. The largest absolute Gasteiger partial charge is 0.439 e. The minimum Gasteiger partial charge on any atom is -0.439 e. The molecule has 0 saturated carbocycles. The van der Waals surface area contributed by atoms with Crippen LogP contribution in [0, 0.1) is 0 Å². The molecule has 2 atom stereocenters. The molecular formula is C16H21NO2. The predicted octanol–water partition coefficient (Wildman–Crippen LogP) is 3.92. The Morgan fingerprint density at radius 2 is 2.05 bits per heavy atom. The Morgan fingerprint density at radius 3 is 2.68 bits per heavy atom. The first-order valence-electron chi connectivity index (χ1n) is 6.93. The number of rotatable bonds is 5. The zero-order valence-corrected chi connectivity index (χ0v) is 11.6. The van der Waals surface area contributed by atoms with Crippen LogP contribution in [0.2, 0.25) is 0 Å². The SMILES string of the molecule is C/C=C/[C@H]1OC(=O)N(CCCC)[C@@H]1c1ccccc1. The van der Waals surface area contributed by atoms with Crippen LogP contribution in [-0.4, -0.2) is 23.6 Å². The summed E-state index contributed by atoms with van der Waals surface area (Å²) in [6.45, 7) is 4.83. The van der Waals surface area contributed by atoms with Crippen LogP contribution in [0.5, 0.6) is 0 Å². The summed E-state index contributed by atoms with van der Waals surface area (Å²) in [5.41, 5.74) is 1.13. The number of benzene rings is 1. The lowest BCUT2D eigenvalue weighted by molar-refractivity contribution is 0.145. The third-order valence-electron chi connectivity index (χ3n) is 3.39. The summed E-state index contributed by atoms with van der Waals surface area (Å²) in [4.78, 5) is 13.9. The number of amides is 1. The van der Waals surface area contributed by atoms with E-state index < -0.39 is 0 Å². The maximum Gasteiger partial charge on any atom is 0.411 e. The lowest BCUT2D eigenvalue weighted by Gasteiger charge is -2.23. The summed E-state index contributed by atoms with van der Waals surface area (Å²) >= 11 is 0. The lowest BCUT2D eigenvalue weighted by Crippen LogP contribution is -2.30. The smallest absolute Gasteiger partial charge is 0.411 e. The van der Waals surface area contributed by atoms with E-state index in [4.69, 9.17) is 4.74 Å². The molecular weight excluding hydrogens is 238 g/mol. The summed E-state index contributed by atoms with van der Waals surface area (Å²) in [7, 11) is 0. The van der Waals surface area contributed by atoms with Crippen molar-refractivity contribution < 1.29 is 9.53 Å². The van der Waals surface area contributed by atoms with Gasteiger partial charge in [-0.25, -0.2) is 4.79 Å². The predicted molar refractivity (Wildman–Crippen MR) is 75.9 cm³/mol. The van der Waals surface area contributed by atoms with Crippen LogP contribution in [0.15, 0.2) is 42.5 Å². The molecule has 1 aromatic carbocycles. The van der Waals surface area contributed by atoms with Gasteiger partial charge in [-0.15, -0.1) is 0 Å². The third-order valence-corrected chi connectivity index (χ3v) is 3.39. The van der Waals surface area contributed by atoms with E-state index in [2.05, 4.69) is 19.1 Å². The summed E-state index contributed by atoms with van der Waals surface area (Å²) < 4.78 is 5.48. The van der Waals surface area contributed by atoms with Gasteiger partial charge in [0.1, 0.15) is 12.1 Å². The van der Waals surface area contributed by atoms with E-state index in [1.54, 1.807) is 0 Å². The number of allylic oxidation sites excluding steroid dienone is 1. The van der Waals surface area contributed by atoms with E-state index in [-0.39, 0.29) is 18.2 Å². The van der Waals surface area contributed by atoms with Crippen molar-refractivity contribution in [1.29, 1.82) is 0 Å². The number of hydrogen-bond donors (Lipinski definition) is 0. The normalized spacial score (nSPS) is 23.1. The highest BCUT2D eigenvalue weighted by Gasteiger charge is 2.40. The number of carbonyl (C=O) groups excluding carboxylic acids is 1. The molecule has 1 aliphatic rings. The molecule has 3 nitrogen and oxygen atoms in total. The zero-order valence-electron chi connectivity index (χ0n) is 11.6. The lowest BCUT2D eigenvalue weighted by atomic mass is 10.00. The molecule has 1 aliphatic heterocycles. The van der Waals surface area contributed by atoms with E-state index in [0.29, 0.717) is 0 Å². The number of hydrogen-bond acceptors (Lipinski definition) is 2. The van der Waals surface area contributed by atoms with Crippen LogP contribution in [0.25, 0.3) is 0 Å². The molecule has 0 aromatic heterocycles. The Bertz CT molecular complexity index is 441. The van der Waals surface area contributed by atoms with E-state index in [0.717, 1.165) is 24.9 Å². The van der Waals surface area contributed by atoms with Crippen molar-refractivity contribution in [2.24, 2.45) is 0 Å². The molecule has 2 rings (SSSR count). The fourth-order valence-electron chi connectivity index (χ4n) is 2.45. The van der Waals surface area contributed by atoms with Gasteiger partial charge in [0.25, 0.3) is 0 Å². The van der Waals surface area contributed by atoms with Gasteiger partial charge in [0.2, 0.25) is 0 Å². The number of nitrogens with zero attached hydrogens (tertiary/aromatic N) is 1. The molecule has 0 unspecified atom stereocenters. The van der Waals surface area contributed by atoms with E-state index in [1.807, 2.05) is 42.2 Å². The standard InChI is InChI=1S/C16H21NO2/c1-3-5-12-17-15(13-10-7-6-8-11-13)14(9-4-2)19-16(17)18/h4,6-11,14-15H,3,5,12H2,1-2H3/b9-4+/t14-,15-/m1/s1. The molecule has 1 fully saturated rings. The molecule has 102 valence electrons. The number of carbonyl (C=O) groups is 1.